The summed E-state index contributed by atoms with van der Waals surface area (Å²) < 4.78 is 30.9. The number of nitrogens with zero attached hydrogens (tertiary/aromatic N) is 2. The molecule has 1 aromatic carbocycles. The van der Waals surface area contributed by atoms with Crippen molar-refractivity contribution in [1.29, 1.82) is 0 Å². The normalized spacial score (nSPS) is 18.4. The van der Waals surface area contributed by atoms with Crippen LogP contribution in [0.25, 0.3) is 0 Å². The number of benzene rings is 1. The lowest BCUT2D eigenvalue weighted by atomic mass is 10.1. The van der Waals surface area contributed by atoms with Crippen molar-refractivity contribution in [3.8, 4) is 11.5 Å². The molecule has 2 aliphatic rings. The molecule has 9 nitrogen and oxygen atoms in total. The third-order valence-electron chi connectivity index (χ3n) is 6.15. The largest absolute Gasteiger partial charge is 0.492 e. The van der Waals surface area contributed by atoms with E-state index in [1.807, 2.05) is 6.07 Å². The monoisotopic (exact) mass is 515 g/mol. The molecule has 1 aromatic heterocycles. The van der Waals surface area contributed by atoms with E-state index < -0.39 is 5.82 Å². The number of methoxy groups -OCH3 is 1. The van der Waals surface area contributed by atoms with Crippen molar-refractivity contribution < 1.29 is 23.4 Å². The van der Waals surface area contributed by atoms with Gasteiger partial charge in [-0.05, 0) is 25.2 Å². The van der Waals surface area contributed by atoms with Crippen molar-refractivity contribution in [3.63, 3.8) is 0 Å². The minimum atomic E-state index is -0.526. The number of rotatable bonds is 9. The fourth-order valence-electron chi connectivity index (χ4n) is 4.05. The number of halogens is 1. The van der Waals surface area contributed by atoms with E-state index in [1.54, 1.807) is 24.5 Å². The van der Waals surface area contributed by atoms with E-state index in [2.05, 4.69) is 32.9 Å². The van der Waals surface area contributed by atoms with E-state index in [0.717, 1.165) is 18.7 Å². The minimum Gasteiger partial charge on any atom is -0.492 e. The third-order valence-corrected chi connectivity index (χ3v) is 6.46. The molecule has 0 saturated carbocycles. The number of morpholine rings is 1. The standard InChI is InChI=1S/C25H30FN5O4S/c1-31-10-11-34-14-17(31)15-35-21-13-27-8-6-16(21)12-29-19-7-9-28-24(32)22(19)25(36)30-20-5-3-4-18(26)23(20)33-2/h3-6,8,13,17,29H,7,9-12,14-15H2,1-2H3,(H,28,32)(H,30,36)/t17-/m1/s1. The van der Waals surface area contributed by atoms with Crippen LogP contribution in [-0.4, -0.2) is 73.9 Å². The smallest absolute Gasteiger partial charge is 0.256 e. The summed E-state index contributed by atoms with van der Waals surface area (Å²) in [5.41, 5.74) is 2.23. The van der Waals surface area contributed by atoms with E-state index in [4.69, 9.17) is 26.4 Å². The molecule has 1 saturated heterocycles. The number of thiocarbonyl (C=S) groups is 1. The van der Waals surface area contributed by atoms with Crippen LogP contribution >= 0.6 is 12.2 Å². The Kier molecular flexibility index (Phi) is 8.68. The third kappa shape index (κ3) is 6.10. The number of amides is 1. The molecule has 1 fully saturated rings. The summed E-state index contributed by atoms with van der Waals surface area (Å²) in [6, 6.07) is 6.51. The molecule has 0 unspecified atom stereocenters. The summed E-state index contributed by atoms with van der Waals surface area (Å²) in [4.78, 5) is 19.3. The summed E-state index contributed by atoms with van der Waals surface area (Å²) in [6.45, 7) is 3.58. The summed E-state index contributed by atoms with van der Waals surface area (Å²) in [6.07, 6.45) is 3.95. The van der Waals surface area contributed by atoms with E-state index >= 15 is 0 Å². The maximum absolute atomic E-state index is 14.1. The summed E-state index contributed by atoms with van der Waals surface area (Å²) in [7, 11) is 3.43. The first kappa shape index (κ1) is 25.8. The predicted molar refractivity (Wildman–Crippen MR) is 138 cm³/mol. The fourth-order valence-corrected chi connectivity index (χ4v) is 4.38. The Hall–Kier alpha value is -3.28. The van der Waals surface area contributed by atoms with Gasteiger partial charge in [0.1, 0.15) is 17.3 Å². The fraction of sp³-hybridized carbons (Fsp3) is 0.400. The van der Waals surface area contributed by atoms with Gasteiger partial charge in [0.2, 0.25) is 0 Å². The molecule has 2 aromatic rings. The van der Waals surface area contributed by atoms with Gasteiger partial charge in [-0.1, -0.05) is 18.3 Å². The van der Waals surface area contributed by atoms with Gasteiger partial charge in [0.15, 0.2) is 11.6 Å². The van der Waals surface area contributed by atoms with Crippen LogP contribution in [-0.2, 0) is 16.1 Å². The van der Waals surface area contributed by atoms with E-state index in [0.29, 0.717) is 55.4 Å². The quantitative estimate of drug-likeness (QED) is 0.435. The lowest BCUT2D eigenvalue weighted by Gasteiger charge is -2.32. The first-order valence-electron chi connectivity index (χ1n) is 11.7. The number of anilines is 1. The van der Waals surface area contributed by atoms with Crippen LogP contribution in [0.4, 0.5) is 10.1 Å². The Morgan fingerprint density at radius 1 is 1.39 bits per heavy atom. The zero-order chi connectivity index (χ0) is 25.5. The van der Waals surface area contributed by atoms with Gasteiger partial charge in [0, 0.05) is 43.5 Å². The highest BCUT2D eigenvalue weighted by atomic mass is 32.1. The number of aromatic nitrogens is 1. The molecule has 4 rings (SSSR count). The SMILES string of the molecule is COc1c(F)cccc1NC(=S)C1=C(NCc2ccncc2OC[C@H]2COCCN2C)CCNC1=O. The Morgan fingerprint density at radius 2 is 2.25 bits per heavy atom. The van der Waals surface area contributed by atoms with Gasteiger partial charge in [-0.2, -0.15) is 0 Å². The van der Waals surface area contributed by atoms with Gasteiger partial charge < -0.3 is 30.2 Å². The topological polar surface area (TPSA) is 97.0 Å². The van der Waals surface area contributed by atoms with Gasteiger partial charge in [-0.15, -0.1) is 0 Å². The van der Waals surface area contributed by atoms with Crippen molar-refractivity contribution in [2.45, 2.75) is 19.0 Å². The Balaban J connectivity index is 1.48. The highest BCUT2D eigenvalue weighted by Crippen LogP contribution is 2.28. The number of hydrogen-bond donors (Lipinski definition) is 3. The maximum atomic E-state index is 14.1. The molecule has 3 N–H and O–H groups in total. The number of pyridine rings is 1. The second-order valence-corrected chi connectivity index (χ2v) is 8.90. The Labute approximate surface area is 215 Å². The summed E-state index contributed by atoms with van der Waals surface area (Å²) >= 11 is 5.54. The van der Waals surface area contributed by atoms with E-state index in [-0.39, 0.29) is 22.7 Å². The van der Waals surface area contributed by atoms with Gasteiger partial charge in [0.05, 0.1) is 43.8 Å². The number of carbonyl (C=O) groups is 1. The minimum absolute atomic E-state index is 0.0266. The maximum Gasteiger partial charge on any atom is 0.256 e. The van der Waals surface area contributed by atoms with Crippen molar-refractivity contribution in [1.82, 2.24) is 20.5 Å². The summed E-state index contributed by atoms with van der Waals surface area (Å²) in [5.74, 6) is -0.138. The molecule has 11 heteroatoms. The molecule has 0 aliphatic carbocycles. The Bertz CT molecular complexity index is 1150. The molecule has 1 atom stereocenters. The van der Waals surface area contributed by atoms with Crippen molar-refractivity contribution in [3.05, 3.63) is 59.3 Å². The van der Waals surface area contributed by atoms with Crippen LogP contribution in [0.3, 0.4) is 0 Å². The summed E-state index contributed by atoms with van der Waals surface area (Å²) in [5, 5.41) is 9.13. The van der Waals surface area contributed by atoms with Gasteiger partial charge in [-0.3, -0.25) is 14.7 Å². The van der Waals surface area contributed by atoms with Crippen LogP contribution in [0.5, 0.6) is 11.5 Å². The molecular weight excluding hydrogens is 485 g/mol. The van der Waals surface area contributed by atoms with Crippen molar-refractivity contribution in [2.24, 2.45) is 0 Å². The average Bonchev–Trinajstić information content (AvgIpc) is 2.87. The van der Waals surface area contributed by atoms with E-state index in [9.17, 15) is 9.18 Å². The molecule has 1 amide bonds. The number of para-hydroxylation sites is 1. The first-order chi connectivity index (χ1) is 17.5. The zero-order valence-electron chi connectivity index (χ0n) is 20.3. The highest BCUT2D eigenvalue weighted by molar-refractivity contribution is 7.81. The Morgan fingerprint density at radius 3 is 3.06 bits per heavy atom. The number of ether oxygens (including phenoxy) is 3. The van der Waals surface area contributed by atoms with Crippen molar-refractivity contribution >= 4 is 28.8 Å². The molecule has 0 bridgehead atoms. The van der Waals surface area contributed by atoms with Crippen LogP contribution in [0.1, 0.15) is 12.0 Å². The lowest BCUT2D eigenvalue weighted by Crippen LogP contribution is -2.46. The molecule has 192 valence electrons. The van der Waals surface area contributed by atoms with Crippen LogP contribution in [0.15, 0.2) is 47.9 Å². The predicted octanol–water partition coefficient (Wildman–Crippen LogP) is 2.24. The van der Waals surface area contributed by atoms with Crippen molar-refractivity contribution in [2.75, 3.05) is 52.4 Å². The van der Waals surface area contributed by atoms with Crippen LogP contribution in [0.2, 0.25) is 0 Å². The number of hydrogen-bond acceptors (Lipinski definition) is 8. The van der Waals surface area contributed by atoms with Gasteiger partial charge in [-0.25, -0.2) is 4.39 Å². The van der Waals surface area contributed by atoms with Crippen LogP contribution < -0.4 is 25.4 Å². The van der Waals surface area contributed by atoms with E-state index in [1.165, 1.54) is 13.2 Å². The molecular formula is C25H30FN5O4S. The molecule has 2 aliphatic heterocycles. The van der Waals surface area contributed by atoms with Crippen LogP contribution in [0, 0.1) is 5.82 Å². The molecule has 36 heavy (non-hydrogen) atoms. The lowest BCUT2D eigenvalue weighted by molar-refractivity contribution is -0.117. The second kappa shape index (κ2) is 12.1. The zero-order valence-corrected chi connectivity index (χ0v) is 21.1. The average molecular weight is 516 g/mol. The number of likely N-dealkylation sites (N-methyl/N-ethyl adjacent to an activating group) is 1. The molecule has 3 heterocycles. The molecule has 0 radical (unpaired) electrons. The second-order valence-electron chi connectivity index (χ2n) is 8.49. The molecule has 0 spiro atoms. The first-order valence-corrected chi connectivity index (χ1v) is 12.1. The highest BCUT2D eigenvalue weighted by Gasteiger charge is 2.25. The number of nitrogens with one attached hydrogen (secondary N) is 3. The van der Waals surface area contributed by atoms with Gasteiger partial charge >= 0.3 is 0 Å². The van der Waals surface area contributed by atoms with Gasteiger partial charge in [0.25, 0.3) is 5.91 Å². The number of carbonyl (C=O) groups excluding carboxylic acids is 1.